The summed E-state index contributed by atoms with van der Waals surface area (Å²) in [6, 6.07) is 6.15. The van der Waals surface area contributed by atoms with Gasteiger partial charge in [0.25, 0.3) is 0 Å². The number of hydrogen-bond acceptors (Lipinski definition) is 2. The molecule has 1 unspecified atom stereocenters. The lowest BCUT2D eigenvalue weighted by atomic mass is 9.97. The van der Waals surface area contributed by atoms with Gasteiger partial charge in [-0.2, -0.15) is 0 Å². The number of carbonyl (C=O) groups excluding carboxylic acids is 1. The van der Waals surface area contributed by atoms with Crippen LogP contribution < -0.4 is 5.32 Å². The van der Waals surface area contributed by atoms with Crippen LogP contribution in [0.1, 0.15) is 38.7 Å². The molecule has 0 aliphatic carbocycles. The molecule has 0 saturated carbocycles. The minimum absolute atomic E-state index is 0.0207. The van der Waals surface area contributed by atoms with E-state index in [4.69, 9.17) is 0 Å². The summed E-state index contributed by atoms with van der Waals surface area (Å²) in [4.78, 5) is 11.6. The summed E-state index contributed by atoms with van der Waals surface area (Å²) in [5.74, 6) is -0.376. The summed E-state index contributed by atoms with van der Waals surface area (Å²) in [7, 11) is 0. The highest BCUT2D eigenvalue weighted by atomic mass is 19.1. The average molecular weight is 253 g/mol. The lowest BCUT2D eigenvalue weighted by Gasteiger charge is -2.18. The Hall–Kier alpha value is -1.42. The van der Waals surface area contributed by atoms with Gasteiger partial charge in [0.15, 0.2) is 0 Å². The van der Waals surface area contributed by atoms with Crippen LogP contribution in [0.25, 0.3) is 0 Å². The maximum Gasteiger partial charge on any atom is 0.220 e. The van der Waals surface area contributed by atoms with Crippen LogP contribution in [0.5, 0.6) is 0 Å². The van der Waals surface area contributed by atoms with Crippen LogP contribution in [-0.4, -0.2) is 23.2 Å². The smallest absolute Gasteiger partial charge is 0.220 e. The molecular weight excluding hydrogens is 233 g/mol. The fourth-order valence-electron chi connectivity index (χ4n) is 1.57. The standard InChI is InChI=1S/C14H20FNO2/c1-10(11-4-6-12(15)7-5-11)8-13(17)16-9-14(2,3)18/h4-7,10,18H,8-9H2,1-3H3,(H,16,17). The lowest BCUT2D eigenvalue weighted by molar-refractivity contribution is -0.122. The molecule has 1 atom stereocenters. The Morgan fingerprint density at radius 2 is 1.94 bits per heavy atom. The van der Waals surface area contributed by atoms with E-state index in [0.29, 0.717) is 6.42 Å². The maximum absolute atomic E-state index is 12.8. The Bertz CT molecular complexity index is 395. The maximum atomic E-state index is 12.8. The molecule has 0 radical (unpaired) electrons. The van der Waals surface area contributed by atoms with E-state index in [-0.39, 0.29) is 24.2 Å². The van der Waals surface area contributed by atoms with Gasteiger partial charge in [-0.15, -0.1) is 0 Å². The van der Waals surface area contributed by atoms with E-state index in [1.54, 1.807) is 26.0 Å². The number of hydrogen-bond donors (Lipinski definition) is 2. The van der Waals surface area contributed by atoms with Gasteiger partial charge in [-0.05, 0) is 37.5 Å². The van der Waals surface area contributed by atoms with Crippen LogP contribution >= 0.6 is 0 Å². The number of rotatable bonds is 5. The van der Waals surface area contributed by atoms with Gasteiger partial charge in [-0.25, -0.2) is 4.39 Å². The highest BCUT2D eigenvalue weighted by molar-refractivity contribution is 5.76. The van der Waals surface area contributed by atoms with Gasteiger partial charge in [-0.1, -0.05) is 19.1 Å². The monoisotopic (exact) mass is 253 g/mol. The summed E-state index contributed by atoms with van der Waals surface area (Å²) in [5.41, 5.74) is 0.0178. The molecule has 100 valence electrons. The van der Waals surface area contributed by atoms with Gasteiger partial charge in [0, 0.05) is 13.0 Å². The van der Waals surface area contributed by atoms with E-state index in [0.717, 1.165) is 5.56 Å². The van der Waals surface area contributed by atoms with E-state index in [9.17, 15) is 14.3 Å². The SMILES string of the molecule is CC(CC(=O)NCC(C)(C)O)c1ccc(F)cc1. The van der Waals surface area contributed by atoms with E-state index < -0.39 is 5.60 Å². The fraction of sp³-hybridized carbons (Fsp3) is 0.500. The van der Waals surface area contributed by atoms with Crippen molar-refractivity contribution in [2.75, 3.05) is 6.54 Å². The highest BCUT2D eigenvalue weighted by Gasteiger charge is 2.16. The van der Waals surface area contributed by atoms with Gasteiger partial charge < -0.3 is 10.4 Å². The van der Waals surface area contributed by atoms with Crippen molar-refractivity contribution >= 4 is 5.91 Å². The number of amides is 1. The molecule has 4 heteroatoms. The summed E-state index contributed by atoms with van der Waals surface area (Å²) >= 11 is 0. The molecule has 0 fully saturated rings. The van der Waals surface area contributed by atoms with Crippen molar-refractivity contribution in [3.63, 3.8) is 0 Å². The molecule has 0 spiro atoms. The molecule has 0 aromatic heterocycles. The Kier molecular flexibility index (Phi) is 4.84. The molecule has 0 bridgehead atoms. The van der Waals surface area contributed by atoms with Crippen molar-refractivity contribution in [2.24, 2.45) is 0 Å². The highest BCUT2D eigenvalue weighted by Crippen LogP contribution is 2.19. The van der Waals surface area contributed by atoms with Crippen molar-refractivity contribution in [3.05, 3.63) is 35.6 Å². The zero-order chi connectivity index (χ0) is 13.8. The molecule has 0 aliphatic heterocycles. The van der Waals surface area contributed by atoms with Crippen molar-refractivity contribution in [3.8, 4) is 0 Å². The van der Waals surface area contributed by atoms with Gasteiger partial charge in [0.2, 0.25) is 5.91 Å². The minimum Gasteiger partial charge on any atom is -0.389 e. The number of aliphatic hydroxyl groups is 1. The second-order valence-corrected chi connectivity index (χ2v) is 5.25. The summed E-state index contributed by atoms with van der Waals surface area (Å²) in [5, 5.41) is 12.2. The summed E-state index contributed by atoms with van der Waals surface area (Å²) in [6.45, 7) is 5.41. The van der Waals surface area contributed by atoms with Gasteiger partial charge in [0.1, 0.15) is 5.82 Å². The second-order valence-electron chi connectivity index (χ2n) is 5.25. The Balaban J connectivity index is 2.47. The molecule has 1 rings (SSSR count). The normalized spacial score (nSPS) is 13.2. The molecule has 0 aliphatic rings. The van der Waals surface area contributed by atoms with Crippen LogP contribution in [0.2, 0.25) is 0 Å². The number of benzene rings is 1. The number of carbonyl (C=O) groups is 1. The van der Waals surface area contributed by atoms with E-state index >= 15 is 0 Å². The van der Waals surface area contributed by atoms with Gasteiger partial charge >= 0.3 is 0 Å². The van der Waals surface area contributed by atoms with Crippen molar-refractivity contribution in [1.82, 2.24) is 5.32 Å². The first kappa shape index (κ1) is 14.6. The largest absolute Gasteiger partial charge is 0.389 e. The molecule has 2 N–H and O–H groups in total. The molecule has 0 saturated heterocycles. The minimum atomic E-state index is -0.908. The zero-order valence-corrected chi connectivity index (χ0v) is 11.0. The molecule has 1 aromatic rings. The van der Waals surface area contributed by atoms with Crippen LogP contribution in [0.3, 0.4) is 0 Å². The van der Waals surface area contributed by atoms with Crippen molar-refractivity contribution in [2.45, 2.75) is 38.7 Å². The summed E-state index contributed by atoms with van der Waals surface area (Å²) in [6.07, 6.45) is 0.321. The summed E-state index contributed by atoms with van der Waals surface area (Å²) < 4.78 is 12.8. The van der Waals surface area contributed by atoms with Gasteiger partial charge in [-0.3, -0.25) is 4.79 Å². The van der Waals surface area contributed by atoms with Crippen LogP contribution in [0.4, 0.5) is 4.39 Å². The Morgan fingerprint density at radius 3 is 2.44 bits per heavy atom. The number of nitrogens with one attached hydrogen (secondary N) is 1. The van der Waals surface area contributed by atoms with E-state index in [1.165, 1.54) is 12.1 Å². The quantitative estimate of drug-likeness (QED) is 0.845. The van der Waals surface area contributed by atoms with E-state index in [2.05, 4.69) is 5.32 Å². The molecule has 1 amide bonds. The van der Waals surface area contributed by atoms with Gasteiger partial charge in [0.05, 0.1) is 5.60 Å². The van der Waals surface area contributed by atoms with E-state index in [1.807, 2.05) is 6.92 Å². The third-order valence-electron chi connectivity index (χ3n) is 2.65. The third-order valence-corrected chi connectivity index (χ3v) is 2.65. The first-order chi connectivity index (χ1) is 8.28. The topological polar surface area (TPSA) is 49.3 Å². The van der Waals surface area contributed by atoms with Crippen LogP contribution in [0.15, 0.2) is 24.3 Å². The molecule has 1 aromatic carbocycles. The zero-order valence-electron chi connectivity index (χ0n) is 11.0. The van der Waals surface area contributed by atoms with Crippen molar-refractivity contribution < 1.29 is 14.3 Å². The first-order valence-electron chi connectivity index (χ1n) is 6.02. The Morgan fingerprint density at radius 1 is 1.39 bits per heavy atom. The first-order valence-corrected chi connectivity index (χ1v) is 6.02. The predicted octanol–water partition coefficient (Wildman–Crippen LogP) is 2.21. The molecule has 18 heavy (non-hydrogen) atoms. The second kappa shape index (κ2) is 5.96. The fourth-order valence-corrected chi connectivity index (χ4v) is 1.57. The van der Waals surface area contributed by atoms with Crippen LogP contribution in [-0.2, 0) is 4.79 Å². The third kappa shape index (κ3) is 5.27. The predicted molar refractivity (Wildman–Crippen MR) is 68.7 cm³/mol. The van der Waals surface area contributed by atoms with Crippen LogP contribution in [0, 0.1) is 5.82 Å². The lowest BCUT2D eigenvalue weighted by Crippen LogP contribution is -2.38. The molecule has 3 nitrogen and oxygen atoms in total. The van der Waals surface area contributed by atoms with Crippen molar-refractivity contribution in [1.29, 1.82) is 0 Å². The average Bonchev–Trinajstić information content (AvgIpc) is 2.26. The molecule has 0 heterocycles. The number of halogens is 1. The Labute approximate surface area is 107 Å². The molecular formula is C14H20FNO2.